The summed E-state index contributed by atoms with van der Waals surface area (Å²) in [6, 6.07) is 0.442. The maximum absolute atomic E-state index is 15.7. The molecule has 3 aliphatic heterocycles. The van der Waals surface area contributed by atoms with E-state index >= 15 is 33.6 Å². The number of hydrogen-bond acceptors (Lipinski definition) is 22. The average molecular weight is 1870 g/mol. The van der Waals surface area contributed by atoms with Gasteiger partial charge < -0.3 is 120 Å². The Labute approximate surface area is 776 Å². The number of carboxylic acid groups (broad SMARTS) is 1. The number of thioether (sulfide) groups is 1. The van der Waals surface area contributed by atoms with E-state index in [1.807, 2.05) is 26.0 Å². The number of hydrogen-bond donors (Lipinski definition) is 19. The van der Waals surface area contributed by atoms with Crippen molar-refractivity contribution in [2.24, 2.45) is 29.0 Å². The first-order valence-corrected chi connectivity index (χ1v) is 46.5. The monoisotopic (exact) mass is 1870 g/mol. The van der Waals surface area contributed by atoms with Gasteiger partial charge in [0.05, 0.1) is 31.4 Å². The number of benzene rings is 3. The van der Waals surface area contributed by atoms with Gasteiger partial charge in [0.1, 0.15) is 78.3 Å². The summed E-state index contributed by atoms with van der Waals surface area (Å²) in [6.45, 7) is 6.73. The van der Waals surface area contributed by atoms with Crippen molar-refractivity contribution in [2.45, 2.75) is 242 Å². The molecule has 5 heterocycles. The summed E-state index contributed by atoms with van der Waals surface area (Å²) in [7, 11) is 3.92. The van der Waals surface area contributed by atoms with Crippen LogP contribution in [0.15, 0.2) is 85.2 Å². The van der Waals surface area contributed by atoms with Gasteiger partial charge >= 0.3 is 5.97 Å². The smallest absolute Gasteiger partial charge is 0.305 e. The van der Waals surface area contributed by atoms with E-state index in [4.69, 9.17) is 22.6 Å². The zero-order valence-corrected chi connectivity index (χ0v) is 77.5. The van der Waals surface area contributed by atoms with Crippen molar-refractivity contribution in [3.8, 4) is 5.75 Å². The first kappa shape index (κ1) is 106. The number of ketones is 1. The highest BCUT2D eigenvalue weighted by atomic mass is 32.2. The van der Waals surface area contributed by atoms with Gasteiger partial charge in [-0.1, -0.05) is 102 Å². The number of carbonyl (C=O) groups excluding carboxylic acids is 16. The van der Waals surface area contributed by atoms with Crippen LogP contribution >= 0.6 is 11.8 Å². The quantitative estimate of drug-likeness (QED) is 0.0180. The molecule has 15 amide bonds. The molecule has 2 aromatic heterocycles. The Balaban J connectivity index is 1.19. The molecular formula is C91H131N21O20S. The van der Waals surface area contributed by atoms with Crippen LogP contribution in [0.4, 0.5) is 0 Å². The van der Waals surface area contributed by atoms with E-state index in [1.165, 1.54) is 57.2 Å². The van der Waals surface area contributed by atoms with E-state index in [0.717, 1.165) is 31.4 Å². The number of guanidine groups is 1. The number of amides is 15. The Morgan fingerprint density at radius 3 is 1.66 bits per heavy atom. The van der Waals surface area contributed by atoms with Crippen LogP contribution in [-0.4, -0.2) is 307 Å². The third-order valence-corrected chi connectivity index (χ3v) is 25.3. The van der Waals surface area contributed by atoms with Gasteiger partial charge in [-0.05, 0) is 137 Å². The number of primary amides is 1. The van der Waals surface area contributed by atoms with Crippen LogP contribution in [0.1, 0.15) is 160 Å². The molecule has 3 aromatic carbocycles. The summed E-state index contributed by atoms with van der Waals surface area (Å²) < 4.78 is 0. The van der Waals surface area contributed by atoms with E-state index in [0.29, 0.717) is 70.6 Å². The first-order valence-electron chi connectivity index (χ1n) is 45.4. The highest BCUT2D eigenvalue weighted by molar-refractivity contribution is 8.00. The van der Waals surface area contributed by atoms with E-state index < -0.39 is 228 Å². The first-order chi connectivity index (χ1) is 63.4. The van der Waals surface area contributed by atoms with Crippen LogP contribution in [0.25, 0.3) is 21.8 Å². The largest absolute Gasteiger partial charge is 0.508 e. The lowest BCUT2D eigenvalue weighted by atomic mass is 9.90. The number of phenols is 1. The molecule has 133 heavy (non-hydrogen) atoms. The fraction of sp³-hybridized carbons (Fsp3) is 0.560. The number of phenolic OH excluding ortho intramolecular Hbond substituents is 1. The summed E-state index contributed by atoms with van der Waals surface area (Å²) in [5.41, 5.74) is 19.9. The molecule has 726 valence electrons. The van der Waals surface area contributed by atoms with Gasteiger partial charge in [-0.15, -0.1) is 11.8 Å². The Bertz CT molecular complexity index is 4950. The molecule has 3 fully saturated rings. The summed E-state index contributed by atoms with van der Waals surface area (Å²) in [4.78, 5) is 261. The summed E-state index contributed by atoms with van der Waals surface area (Å²) in [6.07, 6.45) is 3.35. The Morgan fingerprint density at radius 2 is 1.07 bits per heavy atom. The highest BCUT2D eigenvalue weighted by Gasteiger charge is 2.46. The number of likely N-dealkylation sites (N-methyl/N-ethyl adjacent to an activating group) is 3. The van der Waals surface area contributed by atoms with Gasteiger partial charge in [-0.25, -0.2) is 0 Å². The van der Waals surface area contributed by atoms with Gasteiger partial charge in [0.25, 0.3) is 0 Å². The lowest BCUT2D eigenvalue weighted by Gasteiger charge is -2.36. The third kappa shape index (κ3) is 30.1. The standard InChI is InChI=1S/C91H131N21O20S/c1-9-11-27-71-84(126)101-63(26-18-36-96-91(94)95)82(124)107-69(80(122)99-47-75(93)116)49-133-50-76(117)100-65(40-53-31-33-57(114)34-32-53)86(128)108(6)52(5)78(120)103-67(44-77(118)119)89(131)112-38-20-30-72(112)85(127)102-62(25-17-35-92)81(123)104-64(39-51(3)4)88(130)111-37-19-29-70(111)74(115)43-54(41-55-45-97-60-23-15-13-21-58(55)60)79(121)106-68(48-113)83(125)105-66(42-56-46-98-61-24-16-14-22-59(56)61)87(129)110(8)73(28-12-10-2)90(132)109(71)7/h13-16,21-24,31-34,45-46,51-52,54,62-73,97-98,113-114H,9-12,17-20,25-30,35-44,47-50,92H2,1-8H3,(H2,93,116)(H,99,122)(H,100,117)(H,101,126)(H,102,127)(H,103,120)(H,104,123)(H,105,125)(H,106,121)(H,107,124)(H,118,119)(H4,94,95,96)/t52-,54+,62-,63-,64-,65-,66-,67-,68-,69-,70-,71-,72-,73-/m0/s1. The number of aliphatic hydroxyl groups is 1. The second kappa shape index (κ2) is 51.3. The molecule has 0 saturated carbocycles. The predicted octanol–water partition coefficient (Wildman–Crippen LogP) is -0.437. The number of aromatic amines is 2. The zero-order chi connectivity index (χ0) is 97.4. The second-order valence-electron chi connectivity index (χ2n) is 34.7. The molecule has 0 spiro atoms. The van der Waals surface area contributed by atoms with Gasteiger partial charge in [0.15, 0.2) is 11.7 Å². The minimum absolute atomic E-state index is 0.00118. The van der Waals surface area contributed by atoms with E-state index in [9.17, 15) is 63.3 Å². The summed E-state index contributed by atoms with van der Waals surface area (Å²) in [5, 5.41) is 67.3. The second-order valence-corrected chi connectivity index (χ2v) is 35.7. The predicted molar refractivity (Wildman–Crippen MR) is 494 cm³/mol. The number of rotatable bonds is 27. The molecule has 22 N–H and O–H groups in total. The number of aromatic nitrogens is 2. The number of nitrogens with two attached hydrogens (primary N) is 3. The molecule has 3 saturated heterocycles. The summed E-state index contributed by atoms with van der Waals surface area (Å²) in [5.74, 6) is -18.8. The van der Waals surface area contributed by atoms with Gasteiger partial charge in [0, 0.05) is 106 Å². The number of Topliss-reactive ketones (excluding diaryl/α,β-unsaturated/α-hetero) is 1. The lowest BCUT2D eigenvalue weighted by molar-refractivity contribution is -0.149. The molecule has 5 aromatic rings. The average Bonchev–Trinajstić information content (AvgIpc) is 1.70. The van der Waals surface area contributed by atoms with Crippen molar-refractivity contribution < 1.29 is 96.8 Å². The molecular weight excluding hydrogens is 1740 g/mol. The Morgan fingerprint density at radius 1 is 0.549 bits per heavy atom. The molecule has 0 aliphatic carbocycles. The van der Waals surface area contributed by atoms with Crippen molar-refractivity contribution in [3.05, 3.63) is 102 Å². The summed E-state index contributed by atoms with van der Waals surface area (Å²) >= 11 is 0.760. The number of H-pyrrole nitrogens is 2. The van der Waals surface area contributed by atoms with Crippen molar-refractivity contribution >= 4 is 140 Å². The number of para-hydroxylation sites is 2. The van der Waals surface area contributed by atoms with E-state index in [2.05, 4.69) is 63.1 Å². The number of aromatic hydroxyl groups is 1. The minimum atomic E-state index is -1.87. The van der Waals surface area contributed by atoms with E-state index in [-0.39, 0.29) is 121 Å². The number of nitrogens with one attached hydrogen (secondary N) is 13. The molecule has 8 rings (SSSR count). The number of nitrogens with zero attached hydrogens (tertiary/aromatic N) is 5. The van der Waals surface area contributed by atoms with Crippen LogP contribution in [0, 0.1) is 17.2 Å². The molecule has 0 bridgehead atoms. The van der Waals surface area contributed by atoms with Crippen molar-refractivity contribution in [1.29, 1.82) is 5.41 Å². The van der Waals surface area contributed by atoms with Gasteiger partial charge in [-0.3, -0.25) is 86.9 Å². The number of unbranched alkanes of at least 4 members (excludes halogenated alkanes) is 2. The fourth-order valence-corrected chi connectivity index (χ4v) is 17.7. The van der Waals surface area contributed by atoms with Gasteiger partial charge in [0.2, 0.25) is 88.6 Å². The van der Waals surface area contributed by atoms with Crippen LogP contribution in [0.5, 0.6) is 5.75 Å². The lowest BCUT2D eigenvalue weighted by Crippen LogP contribution is -2.61. The molecule has 42 heteroatoms. The third-order valence-electron chi connectivity index (χ3n) is 24.3. The normalized spacial score (nSPS) is 24.5. The molecule has 0 unspecified atom stereocenters. The number of fused-ring (bicyclic) bond motifs is 4. The van der Waals surface area contributed by atoms with Crippen molar-refractivity contribution in [1.82, 2.24) is 87.6 Å². The van der Waals surface area contributed by atoms with Crippen LogP contribution in [0.2, 0.25) is 0 Å². The van der Waals surface area contributed by atoms with Crippen LogP contribution in [0.3, 0.4) is 0 Å². The SMILES string of the molecule is CCCC[C@H]1C(=O)N(C)[C@@H](CCCC)C(=O)N[C@@H](CCCNC(=N)N)C(=O)N[C@H](C(=O)NCC(N)=O)CSCC(=O)N[C@@H](Cc2ccc(O)cc2)C(=O)N(C)[C@@H](C)C(=O)N[C@@H](CC(=O)O)C(=O)N2CCC[C@H]2C(=O)N[C@@H](CCCN)C(=O)N[C@@H](CC(C)C)C(=O)N2CCC[C@H]2C(=O)C[C@@H](Cc2c[nH]c3ccccc23)C(=O)N[C@@H](CO)C(=O)N[C@@H](Cc2c[nH]c3ccccc23)C(=O)N1C. The number of aliphatic carboxylic acids is 1. The van der Waals surface area contributed by atoms with Crippen LogP contribution < -0.4 is 70.4 Å². The highest BCUT2D eigenvalue weighted by Crippen LogP contribution is 2.30. The molecule has 41 nitrogen and oxygen atoms in total. The van der Waals surface area contributed by atoms with Crippen molar-refractivity contribution in [3.63, 3.8) is 0 Å². The maximum Gasteiger partial charge on any atom is 0.305 e. The zero-order valence-electron chi connectivity index (χ0n) is 76.7. The van der Waals surface area contributed by atoms with Crippen LogP contribution in [-0.2, 0) is 101 Å². The maximum atomic E-state index is 15.7. The number of aliphatic hydroxyl groups excluding tert-OH is 1. The molecule has 3 aliphatic rings. The van der Waals surface area contributed by atoms with E-state index in [1.54, 1.807) is 62.6 Å². The van der Waals surface area contributed by atoms with Crippen molar-refractivity contribution in [2.75, 3.05) is 72.0 Å². The van der Waals surface area contributed by atoms with Gasteiger partial charge in [-0.2, -0.15) is 0 Å². The minimum Gasteiger partial charge on any atom is -0.508 e. The Kier molecular flexibility index (Phi) is 40.8. The number of carbonyl (C=O) groups is 17. The molecule has 14 atom stereocenters. The Hall–Kier alpha value is -12.7. The topological polar surface area (TPSA) is 621 Å². The number of carboxylic acids is 1. The molecule has 0 radical (unpaired) electrons. The fourth-order valence-electron chi connectivity index (χ4n) is 16.8.